The van der Waals surface area contributed by atoms with Gasteiger partial charge in [0.15, 0.2) is 0 Å². The second-order valence-electron chi connectivity index (χ2n) is 5.29. The molecule has 3 rings (SSSR count). The average Bonchev–Trinajstić information content (AvgIpc) is 2.92. The summed E-state index contributed by atoms with van der Waals surface area (Å²) in [6, 6.07) is 6.66. The molecule has 2 unspecified atom stereocenters. The first-order chi connectivity index (χ1) is 8.76. The second kappa shape index (κ2) is 4.68. The van der Waals surface area contributed by atoms with Gasteiger partial charge in [-0.1, -0.05) is 0 Å². The molecule has 2 aliphatic rings. The first-order valence-corrected chi connectivity index (χ1v) is 6.38. The molecule has 2 atom stereocenters. The normalized spacial score (nSPS) is 27.1. The van der Waals surface area contributed by atoms with Crippen molar-refractivity contribution in [3.63, 3.8) is 0 Å². The summed E-state index contributed by atoms with van der Waals surface area (Å²) in [6.07, 6.45) is 0. The fourth-order valence-electron chi connectivity index (χ4n) is 3.09. The topological polar surface area (TPSA) is 39.1 Å². The van der Waals surface area contributed by atoms with Crippen molar-refractivity contribution >= 4 is 0 Å². The quantitative estimate of drug-likeness (QED) is 0.855. The Hall–Kier alpha value is -1.44. The van der Waals surface area contributed by atoms with Crippen LogP contribution in [0, 0.1) is 29.0 Å². The van der Waals surface area contributed by atoms with Crippen LogP contribution < -0.4 is 5.32 Å². The lowest BCUT2D eigenvalue weighted by Gasteiger charge is -2.17. The first-order valence-electron chi connectivity index (χ1n) is 6.38. The summed E-state index contributed by atoms with van der Waals surface area (Å²) >= 11 is 0. The number of nitriles is 1. The minimum absolute atomic E-state index is 0.204. The van der Waals surface area contributed by atoms with E-state index >= 15 is 0 Å². The number of benzene rings is 1. The number of hydrogen-bond acceptors (Lipinski definition) is 3. The summed E-state index contributed by atoms with van der Waals surface area (Å²) in [5.74, 6) is 1.23. The SMILES string of the molecule is N#Cc1ccc(F)c(CN2CC3CNCC3C2)c1. The third-order valence-corrected chi connectivity index (χ3v) is 4.03. The van der Waals surface area contributed by atoms with Gasteiger partial charge in [-0.05, 0) is 43.1 Å². The van der Waals surface area contributed by atoms with Crippen LogP contribution in [0.25, 0.3) is 0 Å². The maximum atomic E-state index is 13.7. The molecule has 18 heavy (non-hydrogen) atoms. The zero-order valence-corrected chi connectivity index (χ0v) is 10.2. The molecule has 94 valence electrons. The highest BCUT2D eigenvalue weighted by atomic mass is 19.1. The molecule has 3 nitrogen and oxygen atoms in total. The van der Waals surface area contributed by atoms with Gasteiger partial charge in [0.2, 0.25) is 0 Å². The summed E-state index contributed by atoms with van der Waals surface area (Å²) in [5, 5.41) is 12.2. The predicted octanol–water partition coefficient (Wildman–Crippen LogP) is 1.35. The van der Waals surface area contributed by atoms with Gasteiger partial charge >= 0.3 is 0 Å². The van der Waals surface area contributed by atoms with Crippen molar-refractivity contribution in [2.24, 2.45) is 11.8 Å². The molecule has 0 aromatic heterocycles. The minimum Gasteiger partial charge on any atom is -0.316 e. The molecular weight excluding hydrogens is 229 g/mol. The molecular formula is C14H16FN3. The molecule has 2 aliphatic heterocycles. The van der Waals surface area contributed by atoms with E-state index in [0.717, 1.165) is 26.2 Å². The van der Waals surface area contributed by atoms with E-state index in [1.807, 2.05) is 0 Å². The molecule has 2 saturated heterocycles. The van der Waals surface area contributed by atoms with Crippen LogP contribution in [0.4, 0.5) is 4.39 Å². The molecule has 4 heteroatoms. The first kappa shape index (κ1) is 11.6. The van der Waals surface area contributed by atoms with E-state index in [-0.39, 0.29) is 5.82 Å². The molecule has 2 fully saturated rings. The standard InChI is InChI=1S/C14H16FN3/c15-14-2-1-10(4-16)3-11(14)7-18-8-12-5-17-6-13(12)9-18/h1-3,12-13,17H,5-9H2. The number of fused-ring (bicyclic) bond motifs is 1. The Morgan fingerprint density at radius 3 is 2.72 bits per heavy atom. The van der Waals surface area contributed by atoms with Gasteiger partial charge in [0.1, 0.15) is 5.82 Å². The van der Waals surface area contributed by atoms with Crippen LogP contribution in [0.2, 0.25) is 0 Å². The van der Waals surface area contributed by atoms with Gasteiger partial charge in [0, 0.05) is 25.2 Å². The van der Waals surface area contributed by atoms with Crippen LogP contribution in [0.5, 0.6) is 0 Å². The van der Waals surface area contributed by atoms with Gasteiger partial charge in [0.25, 0.3) is 0 Å². The zero-order valence-electron chi connectivity index (χ0n) is 10.2. The maximum Gasteiger partial charge on any atom is 0.127 e. The molecule has 2 heterocycles. The Balaban J connectivity index is 1.72. The Kier molecular flexibility index (Phi) is 3.02. The van der Waals surface area contributed by atoms with Gasteiger partial charge < -0.3 is 5.32 Å². The summed E-state index contributed by atoms with van der Waals surface area (Å²) < 4.78 is 13.7. The van der Waals surface area contributed by atoms with Crippen LogP contribution in [-0.2, 0) is 6.54 Å². The molecule has 0 spiro atoms. The Bertz CT molecular complexity index is 482. The maximum absolute atomic E-state index is 13.7. The number of rotatable bonds is 2. The lowest BCUT2D eigenvalue weighted by Crippen LogP contribution is -2.25. The van der Waals surface area contributed by atoms with Gasteiger partial charge in [-0.3, -0.25) is 4.90 Å². The van der Waals surface area contributed by atoms with Crippen molar-refractivity contribution in [3.05, 3.63) is 35.1 Å². The van der Waals surface area contributed by atoms with Gasteiger partial charge in [-0.25, -0.2) is 4.39 Å². The van der Waals surface area contributed by atoms with Crippen molar-refractivity contribution in [2.75, 3.05) is 26.2 Å². The molecule has 0 saturated carbocycles. The van der Waals surface area contributed by atoms with Crippen molar-refractivity contribution in [2.45, 2.75) is 6.54 Å². The Morgan fingerprint density at radius 2 is 2.06 bits per heavy atom. The molecule has 1 aromatic rings. The fraction of sp³-hybridized carbons (Fsp3) is 0.500. The molecule has 0 amide bonds. The lowest BCUT2D eigenvalue weighted by atomic mass is 10.0. The van der Waals surface area contributed by atoms with Crippen LogP contribution >= 0.6 is 0 Å². The monoisotopic (exact) mass is 245 g/mol. The number of likely N-dealkylation sites (tertiary alicyclic amines) is 1. The van der Waals surface area contributed by atoms with E-state index in [0.29, 0.717) is 29.5 Å². The average molecular weight is 245 g/mol. The highest BCUT2D eigenvalue weighted by Gasteiger charge is 2.35. The third kappa shape index (κ3) is 2.12. The Morgan fingerprint density at radius 1 is 1.33 bits per heavy atom. The molecule has 0 aliphatic carbocycles. The summed E-state index contributed by atoms with van der Waals surface area (Å²) in [6.45, 7) is 4.86. The summed E-state index contributed by atoms with van der Waals surface area (Å²) in [4.78, 5) is 2.30. The van der Waals surface area contributed by atoms with E-state index in [4.69, 9.17) is 5.26 Å². The largest absolute Gasteiger partial charge is 0.316 e. The number of nitrogens with one attached hydrogen (secondary N) is 1. The van der Waals surface area contributed by atoms with Crippen molar-refractivity contribution < 1.29 is 4.39 Å². The molecule has 1 aromatic carbocycles. The van der Waals surface area contributed by atoms with Gasteiger partial charge in [-0.15, -0.1) is 0 Å². The number of nitrogens with zero attached hydrogens (tertiary/aromatic N) is 2. The van der Waals surface area contributed by atoms with Crippen LogP contribution in [0.1, 0.15) is 11.1 Å². The van der Waals surface area contributed by atoms with Crippen molar-refractivity contribution in [1.82, 2.24) is 10.2 Å². The Labute approximate surface area is 106 Å². The third-order valence-electron chi connectivity index (χ3n) is 4.03. The fourth-order valence-corrected chi connectivity index (χ4v) is 3.09. The van der Waals surface area contributed by atoms with Crippen molar-refractivity contribution in [3.8, 4) is 6.07 Å². The second-order valence-corrected chi connectivity index (χ2v) is 5.29. The highest BCUT2D eigenvalue weighted by molar-refractivity contribution is 5.33. The summed E-state index contributed by atoms with van der Waals surface area (Å²) in [5.41, 5.74) is 1.18. The van der Waals surface area contributed by atoms with Gasteiger partial charge in [0.05, 0.1) is 11.6 Å². The molecule has 1 N–H and O–H groups in total. The van der Waals surface area contributed by atoms with Gasteiger partial charge in [-0.2, -0.15) is 5.26 Å². The van der Waals surface area contributed by atoms with Crippen LogP contribution in [0.3, 0.4) is 0 Å². The van der Waals surface area contributed by atoms with E-state index in [2.05, 4.69) is 16.3 Å². The van der Waals surface area contributed by atoms with Crippen LogP contribution in [0.15, 0.2) is 18.2 Å². The van der Waals surface area contributed by atoms with E-state index in [1.54, 1.807) is 6.07 Å². The highest BCUT2D eigenvalue weighted by Crippen LogP contribution is 2.27. The van der Waals surface area contributed by atoms with E-state index < -0.39 is 0 Å². The van der Waals surface area contributed by atoms with Crippen molar-refractivity contribution in [1.29, 1.82) is 5.26 Å². The zero-order chi connectivity index (χ0) is 12.5. The smallest absolute Gasteiger partial charge is 0.127 e. The predicted molar refractivity (Wildman–Crippen MR) is 66.2 cm³/mol. The number of hydrogen-bond donors (Lipinski definition) is 1. The number of halogens is 1. The van der Waals surface area contributed by atoms with Crippen LogP contribution in [-0.4, -0.2) is 31.1 Å². The molecule has 0 bridgehead atoms. The minimum atomic E-state index is -0.204. The summed E-state index contributed by atoms with van der Waals surface area (Å²) in [7, 11) is 0. The van der Waals surface area contributed by atoms with E-state index in [1.165, 1.54) is 12.1 Å². The lowest BCUT2D eigenvalue weighted by molar-refractivity contribution is 0.301. The molecule has 0 radical (unpaired) electrons. The van der Waals surface area contributed by atoms with E-state index in [9.17, 15) is 4.39 Å².